The van der Waals surface area contributed by atoms with Gasteiger partial charge in [-0.2, -0.15) is 0 Å². The number of hydrogen-bond acceptors (Lipinski definition) is 4. The van der Waals surface area contributed by atoms with Gasteiger partial charge in [0.05, 0.1) is 16.1 Å². The number of aromatic carboxylic acids is 1. The summed E-state index contributed by atoms with van der Waals surface area (Å²) in [6.07, 6.45) is 1.92. The maximum atomic E-state index is 12.6. The molecule has 0 atom stereocenters. The predicted molar refractivity (Wildman–Crippen MR) is 87.2 cm³/mol. The highest BCUT2D eigenvalue weighted by Crippen LogP contribution is 2.24. The Labute approximate surface area is 133 Å². The van der Waals surface area contributed by atoms with E-state index >= 15 is 0 Å². The molecule has 0 aliphatic rings. The highest BCUT2D eigenvalue weighted by atomic mass is 32.2. The minimum atomic E-state index is -3.67. The molecule has 2 aromatic rings. The number of carbonyl (C=O) groups is 1. The van der Waals surface area contributed by atoms with Crippen LogP contribution in [0.15, 0.2) is 58.3 Å². The highest BCUT2D eigenvalue weighted by Gasteiger charge is 2.21. The molecule has 0 bridgehead atoms. The normalized spacial score (nSPS) is 11.2. The molecular weight excluding hydrogens is 322 g/mol. The van der Waals surface area contributed by atoms with Gasteiger partial charge in [-0.3, -0.25) is 4.31 Å². The van der Waals surface area contributed by atoms with Gasteiger partial charge in [0.15, 0.2) is 0 Å². The first-order chi connectivity index (χ1) is 10.4. The van der Waals surface area contributed by atoms with E-state index in [1.54, 1.807) is 24.3 Å². The summed E-state index contributed by atoms with van der Waals surface area (Å²) in [5.41, 5.74) is 0.512. The van der Waals surface area contributed by atoms with Crippen LogP contribution in [-0.2, 0) is 10.0 Å². The number of nitrogens with zero attached hydrogens (tertiary/aromatic N) is 1. The molecule has 0 fully saturated rings. The molecule has 0 spiro atoms. The Bertz CT molecular complexity index is 768. The van der Waals surface area contributed by atoms with Gasteiger partial charge in [-0.25, -0.2) is 13.2 Å². The zero-order valence-corrected chi connectivity index (χ0v) is 13.7. The monoisotopic (exact) mass is 337 g/mol. The number of hydrogen-bond donors (Lipinski definition) is 1. The first kappa shape index (κ1) is 16.4. The van der Waals surface area contributed by atoms with Crippen LogP contribution in [0.25, 0.3) is 0 Å². The average Bonchev–Trinajstić information content (AvgIpc) is 2.54. The lowest BCUT2D eigenvalue weighted by molar-refractivity contribution is 0.0697. The van der Waals surface area contributed by atoms with E-state index in [1.165, 1.54) is 43.1 Å². The summed E-state index contributed by atoms with van der Waals surface area (Å²) < 4.78 is 26.2. The summed E-state index contributed by atoms with van der Waals surface area (Å²) in [6, 6.07) is 12.3. The number of sulfonamides is 1. The zero-order chi connectivity index (χ0) is 16.3. The third-order valence-corrected chi connectivity index (χ3v) is 5.74. The van der Waals surface area contributed by atoms with E-state index in [0.29, 0.717) is 5.69 Å². The van der Waals surface area contributed by atoms with Gasteiger partial charge in [0, 0.05) is 11.9 Å². The lowest BCUT2D eigenvalue weighted by Crippen LogP contribution is -2.26. The first-order valence-electron chi connectivity index (χ1n) is 6.32. The van der Waals surface area contributed by atoms with Crippen LogP contribution in [0, 0.1) is 0 Å². The number of carboxylic acid groups (broad SMARTS) is 1. The SMILES string of the molecule is CSc1ccc(S(=O)(=O)N(C)c2ccc(C(=O)O)cc2)cc1. The van der Waals surface area contributed by atoms with Crippen LogP contribution in [0.5, 0.6) is 0 Å². The van der Waals surface area contributed by atoms with Gasteiger partial charge in [-0.1, -0.05) is 0 Å². The summed E-state index contributed by atoms with van der Waals surface area (Å²) in [7, 11) is -2.24. The first-order valence-corrected chi connectivity index (χ1v) is 8.99. The molecule has 116 valence electrons. The summed E-state index contributed by atoms with van der Waals surface area (Å²) in [4.78, 5) is 12.0. The van der Waals surface area contributed by atoms with E-state index in [0.717, 1.165) is 9.20 Å². The van der Waals surface area contributed by atoms with Crippen molar-refractivity contribution in [2.45, 2.75) is 9.79 Å². The van der Waals surface area contributed by atoms with Crippen LogP contribution in [0.1, 0.15) is 10.4 Å². The molecule has 0 amide bonds. The Kier molecular flexibility index (Phi) is 4.77. The summed E-state index contributed by atoms with van der Waals surface area (Å²) in [5.74, 6) is -1.05. The van der Waals surface area contributed by atoms with Crippen molar-refractivity contribution >= 4 is 33.4 Å². The van der Waals surface area contributed by atoms with Crippen molar-refractivity contribution in [3.05, 3.63) is 54.1 Å². The van der Waals surface area contributed by atoms with Crippen LogP contribution in [0.2, 0.25) is 0 Å². The number of anilines is 1. The number of thioether (sulfide) groups is 1. The van der Waals surface area contributed by atoms with Crippen molar-refractivity contribution in [1.29, 1.82) is 0 Å². The molecular formula is C15H15NO4S2. The van der Waals surface area contributed by atoms with Crippen LogP contribution >= 0.6 is 11.8 Å². The maximum absolute atomic E-state index is 12.6. The van der Waals surface area contributed by atoms with E-state index in [2.05, 4.69) is 0 Å². The van der Waals surface area contributed by atoms with Gasteiger partial charge in [-0.15, -0.1) is 11.8 Å². The van der Waals surface area contributed by atoms with Crippen molar-refractivity contribution in [3.63, 3.8) is 0 Å². The molecule has 0 heterocycles. The molecule has 0 saturated heterocycles. The smallest absolute Gasteiger partial charge is 0.335 e. The molecule has 0 radical (unpaired) electrons. The fourth-order valence-corrected chi connectivity index (χ4v) is 3.46. The lowest BCUT2D eigenvalue weighted by atomic mass is 10.2. The number of rotatable bonds is 5. The Morgan fingerprint density at radius 2 is 1.59 bits per heavy atom. The van der Waals surface area contributed by atoms with E-state index < -0.39 is 16.0 Å². The van der Waals surface area contributed by atoms with Crippen molar-refractivity contribution < 1.29 is 18.3 Å². The van der Waals surface area contributed by atoms with Gasteiger partial charge in [0.2, 0.25) is 0 Å². The van der Waals surface area contributed by atoms with Crippen LogP contribution in [0.4, 0.5) is 5.69 Å². The zero-order valence-electron chi connectivity index (χ0n) is 12.1. The molecule has 5 nitrogen and oxygen atoms in total. The van der Waals surface area contributed by atoms with E-state index in [4.69, 9.17) is 5.11 Å². The molecule has 0 aliphatic carbocycles. The van der Waals surface area contributed by atoms with Crippen molar-refractivity contribution in [2.75, 3.05) is 17.6 Å². The van der Waals surface area contributed by atoms with Crippen molar-refractivity contribution in [3.8, 4) is 0 Å². The maximum Gasteiger partial charge on any atom is 0.335 e. The molecule has 1 N–H and O–H groups in total. The highest BCUT2D eigenvalue weighted by molar-refractivity contribution is 7.98. The Morgan fingerprint density at radius 1 is 1.05 bits per heavy atom. The summed E-state index contributed by atoms with van der Waals surface area (Å²) >= 11 is 1.53. The van der Waals surface area contributed by atoms with Crippen molar-refractivity contribution in [2.24, 2.45) is 0 Å². The molecule has 2 aromatic carbocycles. The topological polar surface area (TPSA) is 74.7 Å². The largest absolute Gasteiger partial charge is 0.478 e. The average molecular weight is 337 g/mol. The fraction of sp³-hybridized carbons (Fsp3) is 0.133. The van der Waals surface area contributed by atoms with Gasteiger partial charge in [0.25, 0.3) is 10.0 Å². The molecule has 2 rings (SSSR count). The second-order valence-electron chi connectivity index (χ2n) is 4.50. The van der Waals surface area contributed by atoms with Gasteiger partial charge >= 0.3 is 5.97 Å². The molecule has 22 heavy (non-hydrogen) atoms. The minimum absolute atomic E-state index is 0.110. The van der Waals surface area contributed by atoms with Gasteiger partial charge < -0.3 is 5.11 Å². The van der Waals surface area contributed by atoms with E-state index in [9.17, 15) is 13.2 Å². The van der Waals surface area contributed by atoms with E-state index in [1.807, 2.05) is 6.26 Å². The second kappa shape index (κ2) is 6.41. The summed E-state index contributed by atoms with van der Waals surface area (Å²) in [5, 5.41) is 8.87. The fourth-order valence-electron chi connectivity index (χ4n) is 1.86. The predicted octanol–water partition coefficient (Wildman–Crippen LogP) is 2.93. The number of benzene rings is 2. The molecule has 7 heteroatoms. The third-order valence-electron chi connectivity index (χ3n) is 3.20. The molecule has 0 unspecified atom stereocenters. The molecule has 0 saturated carbocycles. The lowest BCUT2D eigenvalue weighted by Gasteiger charge is -2.19. The molecule has 0 aromatic heterocycles. The van der Waals surface area contributed by atoms with E-state index in [-0.39, 0.29) is 10.5 Å². The van der Waals surface area contributed by atoms with Crippen LogP contribution in [-0.4, -0.2) is 32.8 Å². The minimum Gasteiger partial charge on any atom is -0.478 e. The Hall–Kier alpha value is -1.99. The van der Waals surface area contributed by atoms with Gasteiger partial charge in [0.1, 0.15) is 0 Å². The quantitative estimate of drug-likeness (QED) is 0.849. The van der Waals surface area contributed by atoms with Crippen LogP contribution in [0.3, 0.4) is 0 Å². The Morgan fingerprint density at radius 3 is 2.05 bits per heavy atom. The molecule has 0 aliphatic heterocycles. The summed E-state index contributed by atoms with van der Waals surface area (Å²) in [6.45, 7) is 0. The number of carboxylic acids is 1. The standard InChI is InChI=1S/C15H15NO4S2/c1-16(12-5-3-11(4-6-12)15(17)18)22(19,20)14-9-7-13(21-2)8-10-14/h3-10H,1-2H3,(H,17,18). The van der Waals surface area contributed by atoms with Gasteiger partial charge in [-0.05, 0) is 54.8 Å². The van der Waals surface area contributed by atoms with Crippen molar-refractivity contribution in [1.82, 2.24) is 0 Å². The second-order valence-corrected chi connectivity index (χ2v) is 7.35. The Balaban J connectivity index is 2.33. The van der Waals surface area contributed by atoms with Crippen LogP contribution < -0.4 is 4.31 Å². The third kappa shape index (κ3) is 3.26.